The Labute approximate surface area is 102 Å². The molecule has 2 heteroatoms. The van der Waals surface area contributed by atoms with Crippen LogP contribution in [0.5, 0.6) is 5.75 Å². The summed E-state index contributed by atoms with van der Waals surface area (Å²) in [6, 6.07) is 8.70. The van der Waals surface area contributed by atoms with Gasteiger partial charge in [-0.1, -0.05) is 18.2 Å². The number of rotatable bonds is 3. The maximum atomic E-state index is 5.97. The van der Waals surface area contributed by atoms with Crippen LogP contribution in [0, 0.1) is 0 Å². The molecular weight excluding hydrogens is 210 g/mol. The van der Waals surface area contributed by atoms with Crippen LogP contribution in [-0.2, 0) is 0 Å². The number of hydrogen-bond acceptors (Lipinski definition) is 2. The zero-order valence-electron chi connectivity index (χ0n) is 10.1. The van der Waals surface area contributed by atoms with Crippen molar-refractivity contribution in [3.05, 3.63) is 35.9 Å². The SMILES string of the molecule is NC1C=C(c2ccc(OC3CC3)cc2)CCC1. The molecule has 0 bridgehead atoms. The second kappa shape index (κ2) is 4.53. The molecule has 1 saturated carbocycles. The average Bonchev–Trinajstić information content (AvgIpc) is 3.14. The Hall–Kier alpha value is -1.28. The van der Waals surface area contributed by atoms with Gasteiger partial charge in [0.25, 0.3) is 0 Å². The highest BCUT2D eigenvalue weighted by Crippen LogP contribution is 2.30. The van der Waals surface area contributed by atoms with Gasteiger partial charge in [0.2, 0.25) is 0 Å². The minimum atomic E-state index is 0.237. The molecule has 0 aromatic heterocycles. The zero-order valence-corrected chi connectivity index (χ0v) is 10.1. The van der Waals surface area contributed by atoms with E-state index in [1.807, 2.05) is 0 Å². The lowest BCUT2D eigenvalue weighted by Gasteiger charge is -2.18. The van der Waals surface area contributed by atoms with Crippen molar-refractivity contribution < 1.29 is 4.74 Å². The Morgan fingerprint density at radius 2 is 1.82 bits per heavy atom. The Balaban J connectivity index is 1.74. The first kappa shape index (κ1) is 10.8. The molecule has 0 saturated heterocycles. The minimum Gasteiger partial charge on any atom is -0.490 e. The van der Waals surface area contributed by atoms with Crippen LogP contribution in [0.3, 0.4) is 0 Å². The molecule has 2 aliphatic rings. The molecule has 0 radical (unpaired) electrons. The van der Waals surface area contributed by atoms with Crippen molar-refractivity contribution in [3.63, 3.8) is 0 Å². The van der Waals surface area contributed by atoms with Crippen LogP contribution in [0.25, 0.3) is 5.57 Å². The van der Waals surface area contributed by atoms with Crippen LogP contribution in [0.15, 0.2) is 30.3 Å². The van der Waals surface area contributed by atoms with E-state index in [4.69, 9.17) is 10.5 Å². The van der Waals surface area contributed by atoms with E-state index in [1.54, 1.807) is 0 Å². The van der Waals surface area contributed by atoms with Gasteiger partial charge in [0, 0.05) is 6.04 Å². The lowest BCUT2D eigenvalue weighted by molar-refractivity contribution is 0.303. The van der Waals surface area contributed by atoms with Gasteiger partial charge < -0.3 is 10.5 Å². The fraction of sp³-hybridized carbons (Fsp3) is 0.467. The van der Waals surface area contributed by atoms with Crippen molar-refractivity contribution in [1.29, 1.82) is 0 Å². The molecule has 2 nitrogen and oxygen atoms in total. The highest BCUT2D eigenvalue weighted by Gasteiger charge is 2.23. The molecule has 0 heterocycles. The summed E-state index contributed by atoms with van der Waals surface area (Å²) in [4.78, 5) is 0. The third-order valence-corrected chi connectivity index (χ3v) is 3.45. The third-order valence-electron chi connectivity index (χ3n) is 3.45. The van der Waals surface area contributed by atoms with E-state index in [-0.39, 0.29) is 6.04 Å². The van der Waals surface area contributed by atoms with Crippen molar-refractivity contribution in [2.24, 2.45) is 5.73 Å². The summed E-state index contributed by atoms with van der Waals surface area (Å²) in [5, 5.41) is 0. The van der Waals surface area contributed by atoms with E-state index >= 15 is 0 Å². The number of nitrogens with two attached hydrogens (primary N) is 1. The summed E-state index contributed by atoms with van der Waals surface area (Å²) in [7, 11) is 0. The topological polar surface area (TPSA) is 35.2 Å². The Morgan fingerprint density at radius 1 is 1.06 bits per heavy atom. The molecule has 0 aliphatic heterocycles. The van der Waals surface area contributed by atoms with E-state index in [0.717, 1.165) is 18.6 Å². The van der Waals surface area contributed by atoms with E-state index in [1.165, 1.54) is 30.4 Å². The lowest BCUT2D eigenvalue weighted by Crippen LogP contribution is -2.19. The van der Waals surface area contributed by atoms with Crippen molar-refractivity contribution >= 4 is 5.57 Å². The summed E-state index contributed by atoms with van der Waals surface area (Å²) in [6.07, 6.45) is 8.57. The largest absolute Gasteiger partial charge is 0.490 e. The summed E-state index contributed by atoms with van der Waals surface area (Å²) < 4.78 is 5.74. The Morgan fingerprint density at radius 3 is 2.47 bits per heavy atom. The van der Waals surface area contributed by atoms with E-state index in [9.17, 15) is 0 Å². The van der Waals surface area contributed by atoms with Gasteiger partial charge in [-0.3, -0.25) is 0 Å². The fourth-order valence-electron chi connectivity index (χ4n) is 2.32. The zero-order chi connectivity index (χ0) is 11.7. The van der Waals surface area contributed by atoms with Crippen LogP contribution >= 0.6 is 0 Å². The van der Waals surface area contributed by atoms with Gasteiger partial charge in [-0.2, -0.15) is 0 Å². The monoisotopic (exact) mass is 229 g/mol. The third kappa shape index (κ3) is 2.70. The normalized spacial score (nSPS) is 24.3. The molecule has 2 N–H and O–H groups in total. The molecule has 17 heavy (non-hydrogen) atoms. The van der Waals surface area contributed by atoms with Crippen LogP contribution in [-0.4, -0.2) is 12.1 Å². The fourth-order valence-corrected chi connectivity index (χ4v) is 2.32. The number of hydrogen-bond donors (Lipinski definition) is 1. The molecule has 1 unspecified atom stereocenters. The van der Waals surface area contributed by atoms with Crippen molar-refractivity contribution in [2.75, 3.05) is 0 Å². The van der Waals surface area contributed by atoms with Gasteiger partial charge in [-0.05, 0) is 55.4 Å². The van der Waals surface area contributed by atoms with Gasteiger partial charge in [0.05, 0.1) is 6.10 Å². The number of benzene rings is 1. The van der Waals surface area contributed by atoms with Gasteiger partial charge in [-0.25, -0.2) is 0 Å². The summed E-state index contributed by atoms with van der Waals surface area (Å²) >= 11 is 0. The number of ether oxygens (including phenoxy) is 1. The molecule has 1 fully saturated rings. The molecule has 0 amide bonds. The molecule has 1 aromatic carbocycles. The second-order valence-electron chi connectivity index (χ2n) is 5.09. The van der Waals surface area contributed by atoms with Gasteiger partial charge >= 0.3 is 0 Å². The molecular formula is C15H19NO. The first-order chi connectivity index (χ1) is 8.31. The summed E-state index contributed by atoms with van der Waals surface area (Å²) in [5.41, 5.74) is 8.65. The number of allylic oxidation sites excluding steroid dienone is 1. The first-order valence-electron chi connectivity index (χ1n) is 6.54. The van der Waals surface area contributed by atoms with Crippen LogP contribution < -0.4 is 10.5 Å². The minimum absolute atomic E-state index is 0.237. The predicted molar refractivity (Wildman–Crippen MR) is 69.9 cm³/mol. The quantitative estimate of drug-likeness (QED) is 0.864. The standard InChI is InChI=1S/C15H19NO/c16-13-3-1-2-12(10-13)11-4-6-14(7-5-11)17-15-8-9-15/h4-7,10,13,15H,1-3,8-9,16H2. The van der Waals surface area contributed by atoms with Crippen LogP contribution in [0.2, 0.25) is 0 Å². The highest BCUT2D eigenvalue weighted by molar-refractivity contribution is 5.67. The predicted octanol–water partition coefficient (Wildman–Crippen LogP) is 3.12. The van der Waals surface area contributed by atoms with Gasteiger partial charge in [0.1, 0.15) is 5.75 Å². The molecule has 0 spiro atoms. The summed E-state index contributed by atoms with van der Waals surface area (Å²) in [5.74, 6) is 0.997. The molecule has 3 rings (SSSR count). The van der Waals surface area contributed by atoms with E-state index in [2.05, 4.69) is 30.3 Å². The molecule has 90 valence electrons. The highest BCUT2D eigenvalue weighted by atomic mass is 16.5. The smallest absolute Gasteiger partial charge is 0.119 e. The Bertz CT molecular complexity index is 417. The summed E-state index contributed by atoms with van der Waals surface area (Å²) in [6.45, 7) is 0. The maximum Gasteiger partial charge on any atom is 0.119 e. The van der Waals surface area contributed by atoms with E-state index in [0.29, 0.717) is 6.10 Å². The molecule has 2 aliphatic carbocycles. The second-order valence-corrected chi connectivity index (χ2v) is 5.09. The van der Waals surface area contributed by atoms with Crippen LogP contribution in [0.4, 0.5) is 0 Å². The van der Waals surface area contributed by atoms with Gasteiger partial charge in [0.15, 0.2) is 0 Å². The van der Waals surface area contributed by atoms with Crippen molar-refractivity contribution in [1.82, 2.24) is 0 Å². The molecule has 1 atom stereocenters. The molecule has 1 aromatic rings. The maximum absolute atomic E-state index is 5.97. The van der Waals surface area contributed by atoms with Gasteiger partial charge in [-0.15, -0.1) is 0 Å². The Kier molecular flexibility index (Phi) is 2.89. The average molecular weight is 229 g/mol. The van der Waals surface area contributed by atoms with Crippen LogP contribution in [0.1, 0.15) is 37.7 Å². The first-order valence-corrected chi connectivity index (χ1v) is 6.54. The van der Waals surface area contributed by atoms with Crippen molar-refractivity contribution in [2.45, 2.75) is 44.2 Å². The van der Waals surface area contributed by atoms with Crippen molar-refractivity contribution in [3.8, 4) is 5.75 Å². The lowest BCUT2D eigenvalue weighted by atomic mass is 9.91. The van der Waals surface area contributed by atoms with E-state index < -0.39 is 0 Å².